The van der Waals surface area contributed by atoms with Gasteiger partial charge in [-0.15, -0.1) is 0 Å². The largest absolute Gasteiger partial charge is 0.328 e. The second-order valence-electron chi connectivity index (χ2n) is 3.78. The van der Waals surface area contributed by atoms with Gasteiger partial charge in [0.25, 0.3) is 0 Å². The fourth-order valence-electron chi connectivity index (χ4n) is 1.16. The fourth-order valence-corrected chi connectivity index (χ4v) is 2.66. The normalized spacial score (nSPS) is 13.8. The smallest absolute Gasteiger partial charge is 0.179 e. The Kier molecular flexibility index (Phi) is 3.82. The second kappa shape index (κ2) is 4.72. The molecule has 1 rings (SSSR count). The van der Waals surface area contributed by atoms with Crippen molar-refractivity contribution in [1.29, 1.82) is 0 Å². The van der Waals surface area contributed by atoms with Gasteiger partial charge < -0.3 is 5.73 Å². The number of nitrogens with two attached hydrogens (primary N) is 1. The summed E-state index contributed by atoms with van der Waals surface area (Å²) in [4.78, 5) is 4.15. The lowest BCUT2D eigenvalue weighted by Gasteiger charge is -2.06. The molecule has 0 aromatic carbocycles. The van der Waals surface area contributed by atoms with E-state index in [-0.39, 0.29) is 16.7 Å². The van der Waals surface area contributed by atoms with E-state index >= 15 is 0 Å². The molecular formula is C10H16N2O2S. The van der Waals surface area contributed by atoms with Crippen molar-refractivity contribution in [2.24, 2.45) is 5.73 Å². The standard InChI is InChI=1S/C10H16N2O2S/c1-8-5-10(7-12-6-8)15(13,14)4-3-9(2)11/h5-7,9H,3-4,11H2,1-2H3. The van der Waals surface area contributed by atoms with Gasteiger partial charge in [-0.2, -0.15) is 0 Å². The molecule has 84 valence electrons. The first-order chi connectivity index (χ1) is 6.92. The lowest BCUT2D eigenvalue weighted by atomic mass is 10.3. The summed E-state index contributed by atoms with van der Waals surface area (Å²) in [5.74, 6) is 0.0792. The van der Waals surface area contributed by atoms with Crippen molar-refractivity contribution >= 4 is 9.84 Å². The van der Waals surface area contributed by atoms with Crippen LogP contribution in [0.4, 0.5) is 0 Å². The van der Waals surface area contributed by atoms with Crippen LogP contribution in [0.1, 0.15) is 18.9 Å². The monoisotopic (exact) mass is 228 g/mol. The molecule has 15 heavy (non-hydrogen) atoms. The topological polar surface area (TPSA) is 73.0 Å². The molecule has 0 aliphatic heterocycles. The highest BCUT2D eigenvalue weighted by molar-refractivity contribution is 7.91. The number of hydrogen-bond acceptors (Lipinski definition) is 4. The molecule has 1 aromatic rings. The maximum absolute atomic E-state index is 11.8. The van der Waals surface area contributed by atoms with E-state index in [1.807, 2.05) is 6.92 Å². The van der Waals surface area contributed by atoms with E-state index in [4.69, 9.17) is 5.73 Å². The average Bonchev–Trinajstić information content (AvgIpc) is 2.15. The number of sulfone groups is 1. The number of hydrogen-bond donors (Lipinski definition) is 1. The number of pyridine rings is 1. The molecule has 1 atom stereocenters. The van der Waals surface area contributed by atoms with E-state index in [1.54, 1.807) is 19.2 Å². The molecule has 0 fully saturated rings. The van der Waals surface area contributed by atoms with Crippen LogP contribution in [-0.4, -0.2) is 25.2 Å². The fraction of sp³-hybridized carbons (Fsp3) is 0.500. The quantitative estimate of drug-likeness (QED) is 0.831. The number of rotatable bonds is 4. The maximum atomic E-state index is 11.8. The molecule has 0 aliphatic rings. The molecule has 0 radical (unpaired) electrons. The van der Waals surface area contributed by atoms with Gasteiger partial charge in [-0.1, -0.05) is 0 Å². The number of aromatic nitrogens is 1. The molecule has 0 aliphatic carbocycles. The molecule has 1 aromatic heterocycles. The molecule has 2 N–H and O–H groups in total. The van der Waals surface area contributed by atoms with E-state index in [0.29, 0.717) is 6.42 Å². The molecule has 1 heterocycles. The predicted octanol–water partition coefficient (Wildman–Crippen LogP) is 0.901. The molecule has 0 saturated heterocycles. The predicted molar refractivity (Wildman–Crippen MR) is 59.3 cm³/mol. The highest BCUT2D eigenvalue weighted by atomic mass is 32.2. The summed E-state index contributed by atoms with van der Waals surface area (Å²) >= 11 is 0. The molecule has 0 amide bonds. The highest BCUT2D eigenvalue weighted by Gasteiger charge is 2.15. The van der Waals surface area contributed by atoms with Crippen LogP contribution >= 0.6 is 0 Å². The van der Waals surface area contributed by atoms with Crippen molar-refractivity contribution in [1.82, 2.24) is 4.98 Å². The summed E-state index contributed by atoms with van der Waals surface area (Å²) < 4.78 is 23.6. The van der Waals surface area contributed by atoms with Gasteiger partial charge in [-0.05, 0) is 31.9 Å². The average molecular weight is 228 g/mol. The Morgan fingerprint density at radius 2 is 2.13 bits per heavy atom. The van der Waals surface area contributed by atoms with Crippen molar-refractivity contribution < 1.29 is 8.42 Å². The Morgan fingerprint density at radius 3 is 2.67 bits per heavy atom. The van der Waals surface area contributed by atoms with E-state index in [0.717, 1.165) is 5.56 Å². The first kappa shape index (κ1) is 12.1. The zero-order valence-electron chi connectivity index (χ0n) is 8.97. The lowest BCUT2D eigenvalue weighted by molar-refractivity contribution is 0.587. The van der Waals surface area contributed by atoms with Gasteiger partial charge in [-0.3, -0.25) is 4.98 Å². The number of aryl methyl sites for hydroxylation is 1. The SMILES string of the molecule is Cc1cncc(S(=O)(=O)CCC(C)N)c1. The Bertz CT molecular complexity index is 427. The molecule has 0 spiro atoms. The van der Waals surface area contributed by atoms with Gasteiger partial charge in [0.05, 0.1) is 10.6 Å². The molecule has 1 unspecified atom stereocenters. The third kappa shape index (κ3) is 3.60. The Morgan fingerprint density at radius 1 is 1.47 bits per heavy atom. The van der Waals surface area contributed by atoms with Crippen molar-refractivity contribution in [3.05, 3.63) is 24.0 Å². The summed E-state index contributed by atoms with van der Waals surface area (Å²) in [5.41, 5.74) is 6.37. The highest BCUT2D eigenvalue weighted by Crippen LogP contribution is 2.12. The van der Waals surface area contributed by atoms with Gasteiger partial charge in [0.15, 0.2) is 9.84 Å². The van der Waals surface area contributed by atoms with Crippen LogP contribution in [0, 0.1) is 6.92 Å². The maximum Gasteiger partial charge on any atom is 0.179 e. The summed E-state index contributed by atoms with van der Waals surface area (Å²) in [5, 5.41) is 0. The molecule has 4 nitrogen and oxygen atoms in total. The van der Waals surface area contributed by atoms with E-state index in [2.05, 4.69) is 4.98 Å². The summed E-state index contributed by atoms with van der Waals surface area (Å²) in [6.45, 7) is 3.61. The summed E-state index contributed by atoms with van der Waals surface area (Å²) in [7, 11) is -3.22. The van der Waals surface area contributed by atoms with Crippen LogP contribution in [0.2, 0.25) is 0 Å². The van der Waals surface area contributed by atoms with Crippen LogP contribution in [0.3, 0.4) is 0 Å². The van der Waals surface area contributed by atoms with Gasteiger partial charge in [0, 0.05) is 18.4 Å². The first-order valence-electron chi connectivity index (χ1n) is 4.82. The third-order valence-electron chi connectivity index (χ3n) is 2.05. The lowest BCUT2D eigenvalue weighted by Crippen LogP contribution is -2.20. The van der Waals surface area contributed by atoms with Crippen LogP contribution in [0.5, 0.6) is 0 Å². The number of nitrogens with zero attached hydrogens (tertiary/aromatic N) is 1. The Balaban J connectivity index is 2.87. The minimum absolute atomic E-state index is 0.0792. The van der Waals surface area contributed by atoms with E-state index < -0.39 is 9.84 Å². The zero-order valence-corrected chi connectivity index (χ0v) is 9.79. The molecular weight excluding hydrogens is 212 g/mol. The first-order valence-corrected chi connectivity index (χ1v) is 6.47. The van der Waals surface area contributed by atoms with Crippen molar-refractivity contribution in [2.75, 3.05) is 5.75 Å². The van der Waals surface area contributed by atoms with Crippen LogP contribution < -0.4 is 5.73 Å². The van der Waals surface area contributed by atoms with Crippen molar-refractivity contribution in [2.45, 2.75) is 31.2 Å². The molecule has 0 saturated carbocycles. The second-order valence-corrected chi connectivity index (χ2v) is 5.89. The molecule has 0 bridgehead atoms. The van der Waals surface area contributed by atoms with E-state index in [1.165, 1.54) is 6.20 Å². The van der Waals surface area contributed by atoms with Crippen molar-refractivity contribution in [3.63, 3.8) is 0 Å². The van der Waals surface area contributed by atoms with Crippen LogP contribution in [-0.2, 0) is 9.84 Å². The summed E-state index contributed by atoms with van der Waals surface area (Å²) in [6.07, 6.45) is 3.48. The zero-order chi connectivity index (χ0) is 11.5. The van der Waals surface area contributed by atoms with Gasteiger partial charge in [-0.25, -0.2) is 8.42 Å². The minimum Gasteiger partial charge on any atom is -0.328 e. The van der Waals surface area contributed by atoms with Crippen LogP contribution in [0.15, 0.2) is 23.4 Å². The van der Waals surface area contributed by atoms with Gasteiger partial charge in [0.2, 0.25) is 0 Å². The third-order valence-corrected chi connectivity index (χ3v) is 3.77. The van der Waals surface area contributed by atoms with Crippen LogP contribution in [0.25, 0.3) is 0 Å². The Hall–Kier alpha value is -0.940. The van der Waals surface area contributed by atoms with Crippen molar-refractivity contribution in [3.8, 4) is 0 Å². The van der Waals surface area contributed by atoms with Gasteiger partial charge in [0.1, 0.15) is 0 Å². The Labute approximate surface area is 90.4 Å². The molecule has 5 heteroatoms. The van der Waals surface area contributed by atoms with Gasteiger partial charge >= 0.3 is 0 Å². The minimum atomic E-state index is -3.22. The van der Waals surface area contributed by atoms with E-state index in [9.17, 15) is 8.42 Å². The summed E-state index contributed by atoms with van der Waals surface area (Å²) in [6, 6.07) is 1.53.